The lowest BCUT2D eigenvalue weighted by atomic mass is 10.00. The van der Waals surface area contributed by atoms with Crippen LogP contribution in [0.4, 0.5) is 11.8 Å². The van der Waals surface area contributed by atoms with Crippen molar-refractivity contribution in [2.24, 2.45) is 5.92 Å². The maximum atomic E-state index is 14.3. The van der Waals surface area contributed by atoms with E-state index in [-0.39, 0.29) is 59.4 Å². The van der Waals surface area contributed by atoms with Crippen LogP contribution in [-0.2, 0) is 16.6 Å². The van der Waals surface area contributed by atoms with Gasteiger partial charge in [0, 0.05) is 43.0 Å². The zero-order valence-corrected chi connectivity index (χ0v) is 27.9. The Morgan fingerprint density at radius 3 is 2.49 bits per heavy atom. The first kappa shape index (κ1) is 32.4. The molecule has 12 heteroatoms. The Labute approximate surface area is 275 Å². The van der Waals surface area contributed by atoms with Gasteiger partial charge in [-0.25, -0.2) is 23.1 Å². The van der Waals surface area contributed by atoms with Gasteiger partial charge in [-0.15, -0.1) is 0 Å². The summed E-state index contributed by atoms with van der Waals surface area (Å²) >= 11 is 0. The van der Waals surface area contributed by atoms with Crippen LogP contribution >= 0.6 is 0 Å². The molecule has 2 atom stereocenters. The molecule has 2 N–H and O–H groups in total. The molecule has 2 aliphatic rings. The number of sulfonamides is 1. The van der Waals surface area contributed by atoms with Crippen molar-refractivity contribution in [2.45, 2.75) is 64.1 Å². The number of pyridine rings is 1. The first-order valence-corrected chi connectivity index (χ1v) is 17.4. The second kappa shape index (κ2) is 13.3. The second-order valence-corrected chi connectivity index (χ2v) is 14.4. The van der Waals surface area contributed by atoms with Gasteiger partial charge in [-0.05, 0) is 73.6 Å². The zero-order chi connectivity index (χ0) is 33.3. The fourth-order valence-corrected chi connectivity index (χ4v) is 7.24. The Balaban J connectivity index is 1.42. The highest BCUT2D eigenvalue weighted by atomic mass is 32.2. The van der Waals surface area contributed by atoms with Crippen LogP contribution in [-0.4, -0.2) is 71.1 Å². The highest BCUT2D eigenvalue weighted by Crippen LogP contribution is 2.31. The van der Waals surface area contributed by atoms with Crippen LogP contribution in [0.2, 0.25) is 0 Å². The van der Waals surface area contributed by atoms with Crippen molar-refractivity contribution in [1.29, 1.82) is 0 Å². The molecule has 0 radical (unpaired) electrons. The highest BCUT2D eigenvalue weighted by molar-refractivity contribution is 7.92. The lowest BCUT2D eigenvalue weighted by Gasteiger charge is -2.33. The van der Waals surface area contributed by atoms with Gasteiger partial charge in [0.05, 0.1) is 22.7 Å². The third-order valence-corrected chi connectivity index (χ3v) is 9.90. The van der Waals surface area contributed by atoms with Gasteiger partial charge in [0.1, 0.15) is 12.4 Å². The van der Waals surface area contributed by atoms with Crippen molar-refractivity contribution >= 4 is 27.7 Å². The summed E-state index contributed by atoms with van der Waals surface area (Å²) in [5, 5.41) is 9.97. The van der Waals surface area contributed by atoms with Crippen molar-refractivity contribution in [3.05, 3.63) is 89.1 Å². The number of aliphatic hydroxyl groups excluding tert-OH is 1. The van der Waals surface area contributed by atoms with E-state index in [0.717, 1.165) is 34.6 Å². The molecule has 4 aromatic rings. The van der Waals surface area contributed by atoms with Crippen molar-refractivity contribution in [3.8, 4) is 17.1 Å². The highest BCUT2D eigenvalue weighted by Gasteiger charge is 2.30. The Hall–Kier alpha value is -4.55. The van der Waals surface area contributed by atoms with Crippen LogP contribution in [0.5, 0.6) is 5.88 Å². The minimum atomic E-state index is -4.16. The third kappa shape index (κ3) is 7.23. The summed E-state index contributed by atoms with van der Waals surface area (Å²) in [6.07, 6.45) is 2.71. The Kier molecular flexibility index (Phi) is 9.16. The number of nitrogens with one attached hydrogen (secondary N) is 1. The van der Waals surface area contributed by atoms with Gasteiger partial charge < -0.3 is 19.6 Å². The lowest BCUT2D eigenvalue weighted by Crippen LogP contribution is -2.44. The number of β-amino-alcohol motifs (C(OH)–C–C–N with tert-alkyl or cyclic N) is 1. The van der Waals surface area contributed by atoms with Crippen LogP contribution in [0.25, 0.3) is 11.3 Å². The summed E-state index contributed by atoms with van der Waals surface area (Å²) in [5.74, 6) is 0.743. The second-order valence-electron chi connectivity index (χ2n) is 12.8. The molecule has 2 aromatic carbocycles. The number of ether oxygens (including phenoxy) is 1. The average molecular weight is 657 g/mol. The molecule has 4 bridgehead atoms. The van der Waals surface area contributed by atoms with E-state index >= 15 is 0 Å². The molecule has 0 aliphatic carbocycles. The van der Waals surface area contributed by atoms with E-state index in [1.807, 2.05) is 49.1 Å². The first-order chi connectivity index (χ1) is 22.5. The van der Waals surface area contributed by atoms with Gasteiger partial charge in [0.15, 0.2) is 0 Å². The average Bonchev–Trinajstić information content (AvgIpc) is 3.47. The van der Waals surface area contributed by atoms with E-state index in [9.17, 15) is 18.3 Å². The van der Waals surface area contributed by atoms with Gasteiger partial charge in [0.2, 0.25) is 11.8 Å². The molecule has 0 saturated carbocycles. The standard InChI is InChI=1S/C35H40N6O5S/c1-22(2)15-27-21-46-32-17-30(33-23(3)7-5-8-24(33)4)37-35(38-32)39-47(44,45)29-10-6-9-26(16-29)34(43)41(27)19-25-11-12-31(36-18-25)40-14-13-28(42)20-40/h5-12,16-18,22,27-28,42H,13-15,19-21H2,1-4H3,(H,37,38,39)/t27-,28-/m1/s1. The van der Waals surface area contributed by atoms with Crippen LogP contribution in [0, 0.1) is 19.8 Å². The molecule has 1 saturated heterocycles. The number of amides is 1. The Morgan fingerprint density at radius 2 is 1.81 bits per heavy atom. The van der Waals surface area contributed by atoms with E-state index < -0.39 is 10.0 Å². The van der Waals surface area contributed by atoms with Gasteiger partial charge in [-0.3, -0.25) is 4.79 Å². The molecular weight excluding hydrogens is 616 g/mol. The topological polar surface area (TPSA) is 138 Å². The zero-order valence-electron chi connectivity index (χ0n) is 27.1. The van der Waals surface area contributed by atoms with Crippen LogP contribution in [0.1, 0.15) is 53.7 Å². The first-order valence-electron chi connectivity index (χ1n) is 15.9. The number of aliphatic hydroxyl groups is 1. The molecular formula is C35H40N6O5S. The summed E-state index contributed by atoms with van der Waals surface area (Å²) in [4.78, 5) is 31.7. The van der Waals surface area contributed by atoms with E-state index in [4.69, 9.17) is 4.74 Å². The smallest absolute Gasteiger partial charge is 0.264 e. The normalized spacial score (nSPS) is 19.4. The number of benzene rings is 2. The molecule has 4 heterocycles. The van der Waals surface area contributed by atoms with Gasteiger partial charge in [-0.2, -0.15) is 4.98 Å². The maximum absolute atomic E-state index is 14.3. The number of hydrogen-bond donors (Lipinski definition) is 2. The fraction of sp³-hybridized carbons (Fsp3) is 0.371. The molecule has 0 spiro atoms. The number of carbonyl (C=O) groups is 1. The monoisotopic (exact) mass is 656 g/mol. The number of rotatable bonds is 6. The SMILES string of the molecule is Cc1cccc(C)c1-c1cc2nc(n1)NS(=O)(=O)c1cccc(c1)C(=O)N(Cc1ccc(N3CC[C@@H](O)C3)nc1)[C@H](CC(C)C)CO2. The molecule has 1 amide bonds. The molecule has 246 valence electrons. The van der Waals surface area contributed by atoms with Gasteiger partial charge in [0.25, 0.3) is 15.9 Å². The van der Waals surface area contributed by atoms with Crippen LogP contribution in [0.15, 0.2) is 71.8 Å². The molecule has 6 rings (SSSR count). The number of anilines is 2. The maximum Gasteiger partial charge on any atom is 0.264 e. The van der Waals surface area contributed by atoms with Crippen LogP contribution < -0.4 is 14.4 Å². The number of aryl methyl sites for hydroxylation is 2. The minimum Gasteiger partial charge on any atom is -0.475 e. The fourth-order valence-electron chi connectivity index (χ4n) is 6.25. The van der Waals surface area contributed by atoms with Crippen molar-refractivity contribution in [3.63, 3.8) is 0 Å². The minimum absolute atomic E-state index is 0.0784. The Bertz CT molecular complexity index is 1860. The molecule has 11 nitrogen and oxygen atoms in total. The lowest BCUT2D eigenvalue weighted by molar-refractivity contribution is 0.0553. The van der Waals surface area contributed by atoms with Crippen molar-refractivity contribution in [2.75, 3.05) is 29.3 Å². The summed E-state index contributed by atoms with van der Waals surface area (Å²) in [7, 11) is -4.16. The molecule has 0 unspecified atom stereocenters. The van der Waals surface area contributed by atoms with Crippen molar-refractivity contribution < 1.29 is 23.1 Å². The molecule has 2 aromatic heterocycles. The Morgan fingerprint density at radius 1 is 1.04 bits per heavy atom. The quantitative estimate of drug-likeness (QED) is 0.294. The number of carbonyl (C=O) groups excluding carboxylic acids is 1. The summed E-state index contributed by atoms with van der Waals surface area (Å²) in [6, 6.07) is 17.1. The predicted molar refractivity (Wildman–Crippen MR) is 180 cm³/mol. The summed E-state index contributed by atoms with van der Waals surface area (Å²) in [5.41, 5.74) is 4.39. The van der Waals surface area contributed by atoms with E-state index in [1.165, 1.54) is 12.1 Å². The van der Waals surface area contributed by atoms with Crippen LogP contribution in [0.3, 0.4) is 0 Å². The van der Waals surface area contributed by atoms with E-state index in [2.05, 4.69) is 33.5 Å². The predicted octanol–water partition coefficient (Wildman–Crippen LogP) is 4.98. The largest absolute Gasteiger partial charge is 0.475 e. The summed E-state index contributed by atoms with van der Waals surface area (Å²) < 4.78 is 36.1. The van der Waals surface area contributed by atoms with E-state index in [0.29, 0.717) is 25.1 Å². The van der Waals surface area contributed by atoms with Crippen molar-refractivity contribution in [1.82, 2.24) is 19.9 Å². The van der Waals surface area contributed by atoms with E-state index in [1.54, 1.807) is 29.3 Å². The number of hydrogen-bond acceptors (Lipinski definition) is 9. The number of nitrogens with zero attached hydrogens (tertiary/aromatic N) is 5. The number of aromatic nitrogens is 3. The molecule has 2 aliphatic heterocycles. The van der Waals surface area contributed by atoms with Gasteiger partial charge in [-0.1, -0.05) is 44.2 Å². The third-order valence-electron chi connectivity index (χ3n) is 8.57. The number of fused-ring (bicyclic) bond motifs is 4. The summed E-state index contributed by atoms with van der Waals surface area (Å²) in [6.45, 7) is 9.74. The molecule has 1 fully saturated rings. The molecule has 47 heavy (non-hydrogen) atoms. The van der Waals surface area contributed by atoms with Gasteiger partial charge >= 0.3 is 0 Å².